The molecule has 4 rings (SSSR count). The monoisotopic (exact) mass is 586 g/mol. The highest BCUT2D eigenvalue weighted by molar-refractivity contribution is 5.88. The standard InChI is InChI=1S/C36H46N2O5/c1-4-42-33-21-19-28(25-34(33)43-5-2)20-22-35(39)38(26-29-15-12-18-31(23-29)41-3)32(24-27-13-8-6-9-14-27)36(40)37-30-16-10-7-11-17-30/h6,8-9,12-15,18-19,21,23,25,30,32H,4-5,7,10-11,16-17,20,22,24,26H2,1-3H3,(H,37,40). The average molecular weight is 587 g/mol. The largest absolute Gasteiger partial charge is 0.497 e. The third-order valence-corrected chi connectivity index (χ3v) is 7.95. The zero-order valence-electron chi connectivity index (χ0n) is 25.8. The molecule has 0 radical (unpaired) electrons. The molecule has 1 atom stereocenters. The van der Waals surface area contributed by atoms with Crippen molar-refractivity contribution in [3.8, 4) is 17.2 Å². The van der Waals surface area contributed by atoms with E-state index in [1.54, 1.807) is 12.0 Å². The van der Waals surface area contributed by atoms with Crippen LogP contribution in [0, 0.1) is 0 Å². The van der Waals surface area contributed by atoms with E-state index >= 15 is 0 Å². The van der Waals surface area contributed by atoms with Crippen LogP contribution < -0.4 is 19.5 Å². The number of carbonyl (C=O) groups excluding carboxylic acids is 2. The van der Waals surface area contributed by atoms with Gasteiger partial charge >= 0.3 is 0 Å². The number of benzene rings is 3. The van der Waals surface area contributed by atoms with Crippen molar-refractivity contribution in [2.24, 2.45) is 0 Å². The lowest BCUT2D eigenvalue weighted by Gasteiger charge is -2.33. The van der Waals surface area contributed by atoms with Crippen molar-refractivity contribution in [2.75, 3.05) is 20.3 Å². The smallest absolute Gasteiger partial charge is 0.243 e. The van der Waals surface area contributed by atoms with E-state index in [0.29, 0.717) is 49.8 Å². The first-order valence-electron chi connectivity index (χ1n) is 15.7. The molecule has 1 unspecified atom stereocenters. The number of rotatable bonds is 15. The fourth-order valence-electron chi connectivity index (χ4n) is 5.71. The third kappa shape index (κ3) is 9.50. The summed E-state index contributed by atoms with van der Waals surface area (Å²) in [6.45, 7) is 5.25. The van der Waals surface area contributed by atoms with Crippen molar-refractivity contribution >= 4 is 11.8 Å². The maximum atomic E-state index is 14.1. The average Bonchev–Trinajstić information content (AvgIpc) is 3.04. The molecule has 7 heteroatoms. The number of hydrogen-bond acceptors (Lipinski definition) is 5. The van der Waals surface area contributed by atoms with Gasteiger partial charge in [0.05, 0.1) is 20.3 Å². The van der Waals surface area contributed by atoms with Gasteiger partial charge in [0.2, 0.25) is 11.8 Å². The van der Waals surface area contributed by atoms with Crippen molar-refractivity contribution in [2.45, 2.75) is 83.8 Å². The molecule has 1 aliphatic carbocycles. The summed E-state index contributed by atoms with van der Waals surface area (Å²) >= 11 is 0. The van der Waals surface area contributed by atoms with Gasteiger partial charge in [-0.15, -0.1) is 0 Å². The lowest BCUT2D eigenvalue weighted by Crippen LogP contribution is -2.52. The van der Waals surface area contributed by atoms with Crippen molar-refractivity contribution < 1.29 is 23.8 Å². The van der Waals surface area contributed by atoms with Gasteiger partial charge in [-0.3, -0.25) is 9.59 Å². The molecule has 7 nitrogen and oxygen atoms in total. The molecule has 0 spiro atoms. The van der Waals surface area contributed by atoms with Gasteiger partial charge in [-0.25, -0.2) is 0 Å². The SMILES string of the molecule is CCOc1ccc(CCC(=O)N(Cc2cccc(OC)c2)C(Cc2ccccc2)C(=O)NC2CCCCC2)cc1OCC. The summed E-state index contributed by atoms with van der Waals surface area (Å²) in [5.74, 6) is 1.92. The Labute approximate surface area is 256 Å². The molecule has 1 saturated carbocycles. The fourth-order valence-corrected chi connectivity index (χ4v) is 5.71. The molecule has 43 heavy (non-hydrogen) atoms. The van der Waals surface area contributed by atoms with Crippen LogP contribution in [0.1, 0.15) is 69.1 Å². The summed E-state index contributed by atoms with van der Waals surface area (Å²) in [7, 11) is 1.63. The Morgan fingerprint density at radius 1 is 0.837 bits per heavy atom. The first kappa shape index (κ1) is 31.9. The van der Waals surface area contributed by atoms with Crippen LogP contribution in [-0.2, 0) is 29.0 Å². The van der Waals surface area contributed by atoms with E-state index in [9.17, 15) is 9.59 Å². The van der Waals surface area contributed by atoms with E-state index in [1.165, 1.54) is 6.42 Å². The van der Waals surface area contributed by atoms with E-state index in [-0.39, 0.29) is 24.3 Å². The van der Waals surface area contributed by atoms with E-state index in [0.717, 1.165) is 42.4 Å². The van der Waals surface area contributed by atoms with Gasteiger partial charge in [0.25, 0.3) is 0 Å². The van der Waals surface area contributed by atoms with E-state index in [4.69, 9.17) is 14.2 Å². The molecule has 0 bridgehead atoms. The molecule has 0 aliphatic heterocycles. The molecule has 1 fully saturated rings. The molecule has 2 amide bonds. The minimum atomic E-state index is -0.651. The number of aryl methyl sites for hydroxylation is 1. The van der Waals surface area contributed by atoms with Crippen molar-refractivity contribution in [1.29, 1.82) is 0 Å². The van der Waals surface area contributed by atoms with Crippen LogP contribution in [0.5, 0.6) is 17.2 Å². The number of nitrogens with zero attached hydrogens (tertiary/aromatic N) is 1. The van der Waals surface area contributed by atoms with Gasteiger partial charge in [-0.1, -0.05) is 67.8 Å². The first-order chi connectivity index (χ1) is 21.0. The molecule has 0 aromatic heterocycles. The molecular formula is C36H46N2O5. The highest BCUT2D eigenvalue weighted by atomic mass is 16.5. The highest BCUT2D eigenvalue weighted by Crippen LogP contribution is 2.29. The topological polar surface area (TPSA) is 77.1 Å². The molecule has 0 heterocycles. The lowest BCUT2D eigenvalue weighted by atomic mass is 9.94. The predicted molar refractivity (Wildman–Crippen MR) is 170 cm³/mol. The molecule has 0 saturated heterocycles. The summed E-state index contributed by atoms with van der Waals surface area (Å²) < 4.78 is 17.0. The number of carbonyl (C=O) groups is 2. The molecule has 1 N–H and O–H groups in total. The first-order valence-corrected chi connectivity index (χ1v) is 15.7. The van der Waals surface area contributed by atoms with Crippen LogP contribution in [0.4, 0.5) is 0 Å². The number of amides is 2. The summed E-state index contributed by atoms with van der Waals surface area (Å²) in [4.78, 5) is 29.9. The highest BCUT2D eigenvalue weighted by Gasteiger charge is 2.32. The van der Waals surface area contributed by atoms with Crippen LogP contribution in [0.25, 0.3) is 0 Å². The second-order valence-electron chi connectivity index (χ2n) is 11.1. The summed E-state index contributed by atoms with van der Waals surface area (Å²) in [5.41, 5.74) is 2.91. The number of nitrogens with one attached hydrogen (secondary N) is 1. The Morgan fingerprint density at radius 2 is 1.56 bits per heavy atom. The normalized spacial score (nSPS) is 14.0. The van der Waals surface area contributed by atoms with Crippen LogP contribution >= 0.6 is 0 Å². The minimum Gasteiger partial charge on any atom is -0.497 e. The molecule has 3 aromatic rings. The van der Waals surface area contributed by atoms with Crippen molar-refractivity contribution in [3.05, 3.63) is 89.5 Å². The van der Waals surface area contributed by atoms with Crippen LogP contribution in [-0.4, -0.2) is 49.1 Å². The molecule has 230 valence electrons. The lowest BCUT2D eigenvalue weighted by molar-refractivity contribution is -0.141. The Morgan fingerprint density at radius 3 is 2.28 bits per heavy atom. The van der Waals surface area contributed by atoms with E-state index in [2.05, 4.69) is 5.32 Å². The Kier molecular flexibility index (Phi) is 12.3. The maximum absolute atomic E-state index is 14.1. The molecular weight excluding hydrogens is 540 g/mol. The van der Waals surface area contributed by atoms with Gasteiger partial charge in [-0.2, -0.15) is 0 Å². The second kappa shape index (κ2) is 16.6. The number of ether oxygens (including phenoxy) is 3. The number of methoxy groups -OCH3 is 1. The Hall–Kier alpha value is -4.00. The maximum Gasteiger partial charge on any atom is 0.243 e. The predicted octanol–water partition coefficient (Wildman–Crippen LogP) is 6.51. The number of hydrogen-bond donors (Lipinski definition) is 1. The van der Waals surface area contributed by atoms with Crippen LogP contribution in [0.15, 0.2) is 72.8 Å². The van der Waals surface area contributed by atoms with Gasteiger partial charge in [0.15, 0.2) is 11.5 Å². The zero-order valence-corrected chi connectivity index (χ0v) is 25.8. The van der Waals surface area contributed by atoms with Gasteiger partial charge in [-0.05, 0) is 74.1 Å². The molecule has 3 aromatic carbocycles. The fraction of sp³-hybridized carbons (Fsp3) is 0.444. The second-order valence-corrected chi connectivity index (χ2v) is 11.1. The van der Waals surface area contributed by atoms with Crippen LogP contribution in [0.3, 0.4) is 0 Å². The third-order valence-electron chi connectivity index (χ3n) is 7.95. The summed E-state index contributed by atoms with van der Waals surface area (Å²) in [5, 5.41) is 3.31. The van der Waals surface area contributed by atoms with Crippen molar-refractivity contribution in [1.82, 2.24) is 10.2 Å². The zero-order chi connectivity index (χ0) is 30.4. The van der Waals surface area contributed by atoms with Crippen molar-refractivity contribution in [3.63, 3.8) is 0 Å². The Bertz CT molecular complexity index is 1310. The summed E-state index contributed by atoms with van der Waals surface area (Å²) in [6, 6.07) is 23.0. The van der Waals surface area contributed by atoms with Gasteiger partial charge in [0.1, 0.15) is 11.8 Å². The molecule has 1 aliphatic rings. The quantitative estimate of drug-likeness (QED) is 0.220. The van der Waals surface area contributed by atoms with E-state index in [1.807, 2.05) is 86.6 Å². The van der Waals surface area contributed by atoms with Gasteiger partial charge in [0, 0.05) is 25.4 Å². The van der Waals surface area contributed by atoms with Gasteiger partial charge < -0.3 is 24.4 Å². The summed E-state index contributed by atoms with van der Waals surface area (Å²) in [6.07, 6.45) is 6.61. The minimum absolute atomic E-state index is 0.0746. The van der Waals surface area contributed by atoms with Crippen LogP contribution in [0.2, 0.25) is 0 Å². The Balaban J connectivity index is 1.61. The van der Waals surface area contributed by atoms with E-state index < -0.39 is 6.04 Å².